The Kier molecular flexibility index (Phi) is 4.66. The number of hydrogen-bond donors (Lipinski definition) is 1. The number of para-hydroxylation sites is 1. The summed E-state index contributed by atoms with van der Waals surface area (Å²) in [6.45, 7) is 6.41. The van der Waals surface area contributed by atoms with Gasteiger partial charge in [-0.3, -0.25) is 4.68 Å². The smallest absolute Gasteiger partial charge is 0.122 e. The summed E-state index contributed by atoms with van der Waals surface area (Å²) >= 11 is 0. The second-order valence-corrected chi connectivity index (χ2v) is 5.36. The molecule has 0 aliphatic carbocycles. The van der Waals surface area contributed by atoms with Crippen molar-refractivity contribution in [3.63, 3.8) is 0 Å². The first-order chi connectivity index (χ1) is 9.60. The first-order valence-corrected chi connectivity index (χ1v) is 7.02. The van der Waals surface area contributed by atoms with Crippen LogP contribution in [0.4, 0.5) is 5.69 Å². The maximum Gasteiger partial charge on any atom is 0.122 e. The summed E-state index contributed by atoms with van der Waals surface area (Å²) < 4.78 is 7.34. The molecule has 1 N–H and O–H groups in total. The van der Waals surface area contributed by atoms with E-state index in [9.17, 15) is 0 Å². The number of benzene rings is 1. The van der Waals surface area contributed by atoms with Crippen molar-refractivity contribution in [3.8, 4) is 5.75 Å². The zero-order valence-corrected chi connectivity index (χ0v) is 12.6. The zero-order chi connectivity index (χ0) is 14.5. The molecule has 0 fully saturated rings. The third-order valence-electron chi connectivity index (χ3n) is 3.26. The predicted octanol–water partition coefficient (Wildman–Crippen LogP) is 3.52. The van der Waals surface area contributed by atoms with Crippen LogP contribution in [0.1, 0.15) is 32.4 Å². The van der Waals surface area contributed by atoms with Gasteiger partial charge in [-0.15, -0.1) is 0 Å². The SMILES string of the molecule is COc1ccccc1CC(C)Nc1cnn(C(C)C)c1. The van der Waals surface area contributed by atoms with Gasteiger partial charge in [0.25, 0.3) is 0 Å². The minimum absolute atomic E-state index is 0.316. The van der Waals surface area contributed by atoms with Crippen LogP contribution in [-0.4, -0.2) is 22.9 Å². The molecule has 0 aliphatic heterocycles. The molecule has 0 saturated carbocycles. The van der Waals surface area contributed by atoms with Gasteiger partial charge >= 0.3 is 0 Å². The maximum absolute atomic E-state index is 5.39. The first-order valence-electron chi connectivity index (χ1n) is 7.02. The van der Waals surface area contributed by atoms with Crippen LogP contribution in [0.3, 0.4) is 0 Å². The minimum atomic E-state index is 0.316. The highest BCUT2D eigenvalue weighted by Crippen LogP contribution is 2.20. The van der Waals surface area contributed by atoms with Crippen molar-refractivity contribution in [1.29, 1.82) is 0 Å². The molecule has 0 amide bonds. The summed E-state index contributed by atoms with van der Waals surface area (Å²) in [6, 6.07) is 8.84. The largest absolute Gasteiger partial charge is 0.496 e. The van der Waals surface area contributed by atoms with Gasteiger partial charge in [-0.2, -0.15) is 5.10 Å². The van der Waals surface area contributed by atoms with Gasteiger partial charge in [0, 0.05) is 18.3 Å². The number of anilines is 1. The van der Waals surface area contributed by atoms with Gasteiger partial charge < -0.3 is 10.1 Å². The molecule has 0 spiro atoms. The molecular weight excluding hydrogens is 250 g/mol. The summed E-state index contributed by atoms with van der Waals surface area (Å²) in [7, 11) is 1.71. The van der Waals surface area contributed by atoms with Crippen LogP contribution < -0.4 is 10.1 Å². The third-order valence-corrected chi connectivity index (χ3v) is 3.26. The van der Waals surface area contributed by atoms with E-state index >= 15 is 0 Å². The number of nitrogens with one attached hydrogen (secondary N) is 1. The van der Waals surface area contributed by atoms with Crippen LogP contribution in [-0.2, 0) is 6.42 Å². The minimum Gasteiger partial charge on any atom is -0.496 e. The number of ether oxygens (including phenoxy) is 1. The van der Waals surface area contributed by atoms with E-state index in [1.165, 1.54) is 5.56 Å². The van der Waals surface area contributed by atoms with Crippen LogP contribution >= 0.6 is 0 Å². The Morgan fingerprint density at radius 2 is 2.00 bits per heavy atom. The highest BCUT2D eigenvalue weighted by atomic mass is 16.5. The van der Waals surface area contributed by atoms with Crippen molar-refractivity contribution in [2.24, 2.45) is 0 Å². The van der Waals surface area contributed by atoms with Gasteiger partial charge in [0.15, 0.2) is 0 Å². The molecule has 1 unspecified atom stereocenters. The molecule has 1 aromatic carbocycles. The van der Waals surface area contributed by atoms with Crippen molar-refractivity contribution in [1.82, 2.24) is 9.78 Å². The Balaban J connectivity index is 1.99. The second-order valence-electron chi connectivity index (χ2n) is 5.36. The summed E-state index contributed by atoms with van der Waals surface area (Å²) in [5.74, 6) is 0.944. The van der Waals surface area contributed by atoms with Gasteiger partial charge in [-0.25, -0.2) is 0 Å². The quantitative estimate of drug-likeness (QED) is 0.875. The molecule has 1 aromatic heterocycles. The van der Waals surface area contributed by atoms with Crippen molar-refractivity contribution in [2.75, 3.05) is 12.4 Å². The zero-order valence-electron chi connectivity index (χ0n) is 12.6. The van der Waals surface area contributed by atoms with E-state index in [0.29, 0.717) is 12.1 Å². The molecule has 4 nitrogen and oxygen atoms in total. The van der Waals surface area contributed by atoms with Crippen molar-refractivity contribution < 1.29 is 4.74 Å². The van der Waals surface area contributed by atoms with Crippen LogP contribution in [0.5, 0.6) is 5.75 Å². The van der Waals surface area contributed by atoms with Gasteiger partial charge in [-0.1, -0.05) is 18.2 Å². The van der Waals surface area contributed by atoms with E-state index in [1.54, 1.807) is 7.11 Å². The average Bonchev–Trinajstić information content (AvgIpc) is 2.88. The third kappa shape index (κ3) is 3.53. The highest BCUT2D eigenvalue weighted by Gasteiger charge is 2.09. The maximum atomic E-state index is 5.39. The number of rotatable bonds is 6. The lowest BCUT2D eigenvalue weighted by molar-refractivity contribution is 0.409. The number of aromatic nitrogens is 2. The normalized spacial score (nSPS) is 12.4. The fourth-order valence-electron chi connectivity index (χ4n) is 2.23. The number of nitrogens with zero attached hydrogens (tertiary/aromatic N) is 2. The highest BCUT2D eigenvalue weighted by molar-refractivity contribution is 5.41. The summed E-state index contributed by atoms with van der Waals surface area (Å²) in [4.78, 5) is 0. The Morgan fingerprint density at radius 3 is 2.65 bits per heavy atom. The summed E-state index contributed by atoms with van der Waals surface area (Å²) in [6.07, 6.45) is 4.83. The van der Waals surface area contributed by atoms with Crippen LogP contribution in [0.25, 0.3) is 0 Å². The molecule has 0 saturated heterocycles. The number of hydrogen-bond acceptors (Lipinski definition) is 3. The molecule has 2 aromatic rings. The summed E-state index contributed by atoms with van der Waals surface area (Å²) in [5.41, 5.74) is 2.27. The lowest BCUT2D eigenvalue weighted by Crippen LogP contribution is -2.18. The Labute approximate surface area is 120 Å². The van der Waals surface area contributed by atoms with E-state index in [-0.39, 0.29) is 0 Å². The van der Waals surface area contributed by atoms with E-state index in [0.717, 1.165) is 17.9 Å². The summed E-state index contributed by atoms with van der Waals surface area (Å²) in [5, 5.41) is 7.82. The predicted molar refractivity (Wildman–Crippen MR) is 82.4 cm³/mol. The standard InChI is InChI=1S/C16H23N3O/c1-12(2)19-11-15(10-17-19)18-13(3)9-14-7-5-6-8-16(14)20-4/h5-8,10-13,18H,9H2,1-4H3. The van der Waals surface area contributed by atoms with E-state index in [1.807, 2.05) is 35.3 Å². The van der Waals surface area contributed by atoms with E-state index in [2.05, 4.69) is 37.3 Å². The van der Waals surface area contributed by atoms with Crippen LogP contribution in [0, 0.1) is 0 Å². The van der Waals surface area contributed by atoms with Gasteiger partial charge in [0.2, 0.25) is 0 Å². The van der Waals surface area contributed by atoms with Crippen LogP contribution in [0.2, 0.25) is 0 Å². The van der Waals surface area contributed by atoms with E-state index < -0.39 is 0 Å². The molecule has 20 heavy (non-hydrogen) atoms. The fourth-order valence-corrected chi connectivity index (χ4v) is 2.23. The first kappa shape index (κ1) is 14.4. The molecule has 0 bridgehead atoms. The van der Waals surface area contributed by atoms with Gasteiger partial charge in [0.1, 0.15) is 5.75 Å². The molecular formula is C16H23N3O. The Morgan fingerprint density at radius 1 is 1.25 bits per heavy atom. The van der Waals surface area contributed by atoms with Crippen molar-refractivity contribution >= 4 is 5.69 Å². The average molecular weight is 273 g/mol. The Bertz CT molecular complexity index is 548. The Hall–Kier alpha value is -1.97. The molecule has 4 heteroatoms. The molecule has 108 valence electrons. The topological polar surface area (TPSA) is 39.1 Å². The van der Waals surface area contributed by atoms with Crippen LogP contribution in [0.15, 0.2) is 36.7 Å². The van der Waals surface area contributed by atoms with E-state index in [4.69, 9.17) is 4.74 Å². The van der Waals surface area contributed by atoms with Gasteiger partial charge in [0.05, 0.1) is 19.0 Å². The molecule has 1 atom stereocenters. The molecule has 0 aliphatic rings. The fraction of sp³-hybridized carbons (Fsp3) is 0.438. The van der Waals surface area contributed by atoms with Crippen molar-refractivity contribution in [3.05, 3.63) is 42.2 Å². The molecule has 2 rings (SSSR count). The lowest BCUT2D eigenvalue weighted by Gasteiger charge is -2.15. The second kappa shape index (κ2) is 6.46. The molecule has 0 radical (unpaired) electrons. The monoisotopic (exact) mass is 273 g/mol. The van der Waals surface area contributed by atoms with Crippen molar-refractivity contribution in [2.45, 2.75) is 39.3 Å². The number of methoxy groups -OCH3 is 1. The lowest BCUT2D eigenvalue weighted by atomic mass is 10.1. The molecule has 1 heterocycles. The van der Waals surface area contributed by atoms with Gasteiger partial charge in [-0.05, 0) is 38.8 Å².